The van der Waals surface area contributed by atoms with Crippen LogP contribution >= 0.6 is 11.6 Å². The van der Waals surface area contributed by atoms with E-state index >= 15 is 0 Å². The van der Waals surface area contributed by atoms with Gasteiger partial charge < -0.3 is 15.2 Å². The minimum atomic E-state index is -0.846. The van der Waals surface area contributed by atoms with Crippen molar-refractivity contribution in [3.63, 3.8) is 0 Å². The molecule has 1 saturated carbocycles. The number of nitrogens with one attached hydrogen (secondary N) is 3. The fourth-order valence-electron chi connectivity index (χ4n) is 3.46. The third kappa shape index (κ3) is 3.78. The van der Waals surface area contributed by atoms with Crippen molar-refractivity contribution in [2.75, 3.05) is 16.8 Å². The first-order valence-electron chi connectivity index (χ1n) is 9.87. The van der Waals surface area contributed by atoms with Gasteiger partial charge in [-0.3, -0.25) is 5.10 Å². The number of hydrogen-bond donors (Lipinski definition) is 3. The summed E-state index contributed by atoms with van der Waals surface area (Å²) < 4.78 is 27.6. The van der Waals surface area contributed by atoms with E-state index in [9.17, 15) is 8.78 Å². The van der Waals surface area contributed by atoms with E-state index in [0.717, 1.165) is 17.3 Å². The molecule has 0 unspecified atom stereocenters. The van der Waals surface area contributed by atoms with E-state index in [-0.39, 0.29) is 11.7 Å². The number of anilines is 3. The minimum Gasteiger partial charge on any atom is -0.345 e. The van der Waals surface area contributed by atoms with Crippen molar-refractivity contribution in [2.24, 2.45) is 0 Å². The van der Waals surface area contributed by atoms with Gasteiger partial charge in [0.05, 0.1) is 23.1 Å². The van der Waals surface area contributed by atoms with Crippen LogP contribution in [0.3, 0.4) is 0 Å². The number of rotatable bonds is 7. The number of aromatic amines is 2. The van der Waals surface area contributed by atoms with Crippen LogP contribution in [0, 0.1) is 5.82 Å². The van der Waals surface area contributed by atoms with Crippen LogP contribution in [0.4, 0.5) is 26.4 Å². The molecule has 8 nitrogen and oxygen atoms in total. The third-order valence-electron chi connectivity index (χ3n) is 5.32. The number of nitrogens with zero attached hydrogens (tertiary/aromatic N) is 5. The molecule has 3 N–H and O–H groups in total. The molecule has 0 amide bonds. The fourth-order valence-corrected chi connectivity index (χ4v) is 3.74. The fraction of sp³-hybridized carbons (Fsp3) is 0.300. The first-order valence-corrected chi connectivity index (χ1v) is 10.3. The highest BCUT2D eigenvalue weighted by Gasteiger charge is 2.40. The highest BCUT2D eigenvalue weighted by Crippen LogP contribution is 2.43. The number of imidazole rings is 1. The van der Waals surface area contributed by atoms with Crippen LogP contribution < -0.4 is 10.2 Å². The summed E-state index contributed by atoms with van der Waals surface area (Å²) in [5.74, 6) is -0.0850. The average Bonchev–Trinajstić information content (AvgIpc) is 3.15. The van der Waals surface area contributed by atoms with Crippen molar-refractivity contribution in [1.82, 2.24) is 30.1 Å². The Morgan fingerprint density at radius 3 is 2.94 bits per heavy atom. The average molecular weight is 445 g/mol. The first-order chi connectivity index (χ1) is 15.0. The highest BCUT2D eigenvalue weighted by molar-refractivity contribution is 6.35. The van der Waals surface area contributed by atoms with Crippen LogP contribution in [0.25, 0.3) is 11.0 Å². The SMILES string of the molecule is CCN(Cc1ccc2[nH]cnc2c1Cl)c1ncc(F)c(Nc2cc([C@@H]3C[C@@H]3F)[nH]n2)n1. The monoisotopic (exact) mass is 444 g/mol. The van der Waals surface area contributed by atoms with Gasteiger partial charge in [0.1, 0.15) is 11.7 Å². The smallest absolute Gasteiger partial charge is 0.227 e. The molecule has 2 atom stereocenters. The zero-order valence-electron chi connectivity index (χ0n) is 16.5. The largest absolute Gasteiger partial charge is 0.345 e. The van der Waals surface area contributed by atoms with Crippen LogP contribution in [-0.2, 0) is 6.54 Å². The van der Waals surface area contributed by atoms with E-state index in [2.05, 4.69) is 35.5 Å². The molecule has 5 rings (SSSR count). The van der Waals surface area contributed by atoms with Gasteiger partial charge in [-0.2, -0.15) is 10.1 Å². The minimum absolute atomic E-state index is 0.0112. The Morgan fingerprint density at radius 1 is 1.32 bits per heavy atom. The molecule has 1 aromatic carbocycles. The van der Waals surface area contributed by atoms with Gasteiger partial charge in [0.25, 0.3) is 0 Å². The number of H-pyrrole nitrogens is 2. The number of benzene rings is 1. The second kappa shape index (κ2) is 7.77. The van der Waals surface area contributed by atoms with Crippen LogP contribution in [-0.4, -0.2) is 42.8 Å². The van der Waals surface area contributed by atoms with Crippen molar-refractivity contribution in [3.05, 3.63) is 52.8 Å². The molecule has 1 aliphatic carbocycles. The summed E-state index contributed by atoms with van der Waals surface area (Å²) in [7, 11) is 0. The molecule has 0 aliphatic heterocycles. The van der Waals surface area contributed by atoms with Gasteiger partial charge in [-0.05, 0) is 25.0 Å². The molecule has 0 bridgehead atoms. The van der Waals surface area contributed by atoms with Crippen LogP contribution in [0.1, 0.15) is 30.5 Å². The summed E-state index contributed by atoms with van der Waals surface area (Å²) >= 11 is 6.52. The van der Waals surface area contributed by atoms with Crippen molar-refractivity contribution in [3.8, 4) is 0 Å². The van der Waals surface area contributed by atoms with Gasteiger partial charge in [-0.15, -0.1) is 0 Å². The molecule has 0 spiro atoms. The first kappa shape index (κ1) is 19.7. The Hall–Kier alpha value is -3.27. The Morgan fingerprint density at radius 2 is 2.16 bits per heavy atom. The lowest BCUT2D eigenvalue weighted by Crippen LogP contribution is -2.25. The van der Waals surface area contributed by atoms with E-state index < -0.39 is 12.0 Å². The Bertz CT molecular complexity index is 1240. The van der Waals surface area contributed by atoms with Gasteiger partial charge in [0.2, 0.25) is 5.95 Å². The van der Waals surface area contributed by atoms with E-state index in [1.807, 2.05) is 24.0 Å². The van der Waals surface area contributed by atoms with E-state index in [0.29, 0.717) is 47.5 Å². The van der Waals surface area contributed by atoms with E-state index in [4.69, 9.17) is 11.6 Å². The number of hydrogen-bond acceptors (Lipinski definition) is 6. The molecular formula is C20H19ClF2N8. The van der Waals surface area contributed by atoms with Gasteiger partial charge in [-0.25, -0.2) is 18.7 Å². The van der Waals surface area contributed by atoms with Gasteiger partial charge >= 0.3 is 0 Å². The summed E-state index contributed by atoms with van der Waals surface area (Å²) in [6.45, 7) is 2.95. The topological polar surface area (TPSA) is 98.4 Å². The standard InChI is InChI=1S/C20H19ClF2N8/c1-2-31(8-10-3-4-14-18(17(10)21)26-9-25-14)20-24-7-13(23)19(28-20)27-16-6-15(29-30-16)11-5-12(11)22/h3-4,6-7,9,11-12H,2,5,8H2,1H3,(H,25,26)(H2,24,27,28,29,30)/t11-,12+/m1/s1. The van der Waals surface area contributed by atoms with Crippen LogP contribution in [0.15, 0.2) is 30.7 Å². The Labute approximate surface area is 181 Å². The van der Waals surface area contributed by atoms with Crippen LogP contribution in [0.2, 0.25) is 5.02 Å². The maximum absolute atomic E-state index is 14.4. The van der Waals surface area contributed by atoms with Gasteiger partial charge in [0.15, 0.2) is 17.5 Å². The number of fused-ring (bicyclic) bond motifs is 1. The highest BCUT2D eigenvalue weighted by atomic mass is 35.5. The molecule has 31 heavy (non-hydrogen) atoms. The predicted molar refractivity (Wildman–Crippen MR) is 114 cm³/mol. The molecule has 1 aliphatic rings. The molecule has 0 radical (unpaired) electrons. The molecule has 4 aromatic rings. The van der Waals surface area contributed by atoms with Crippen LogP contribution in [0.5, 0.6) is 0 Å². The quantitative estimate of drug-likeness (QED) is 0.389. The normalized spacial score (nSPS) is 17.8. The summed E-state index contributed by atoms with van der Waals surface area (Å²) in [5, 5.41) is 10.3. The summed E-state index contributed by atoms with van der Waals surface area (Å²) in [5.41, 5.74) is 3.08. The molecule has 3 aromatic heterocycles. The predicted octanol–water partition coefficient (Wildman–Crippen LogP) is 4.46. The second-order valence-corrected chi connectivity index (χ2v) is 7.79. The summed E-state index contributed by atoms with van der Waals surface area (Å²) in [6, 6.07) is 5.49. The zero-order chi connectivity index (χ0) is 21.5. The van der Waals surface area contributed by atoms with Gasteiger partial charge in [0, 0.05) is 30.8 Å². The molecule has 11 heteroatoms. The number of alkyl halides is 1. The second-order valence-electron chi connectivity index (χ2n) is 7.41. The van der Waals surface area contributed by atoms with Crippen molar-refractivity contribution < 1.29 is 8.78 Å². The Kier molecular flexibility index (Phi) is 4.93. The van der Waals surface area contributed by atoms with Crippen molar-refractivity contribution in [1.29, 1.82) is 0 Å². The Balaban J connectivity index is 1.38. The van der Waals surface area contributed by atoms with Gasteiger partial charge in [-0.1, -0.05) is 17.7 Å². The number of aromatic nitrogens is 6. The molecule has 160 valence electrons. The molecule has 0 saturated heterocycles. The number of halogens is 3. The maximum Gasteiger partial charge on any atom is 0.227 e. The molecule has 3 heterocycles. The third-order valence-corrected chi connectivity index (χ3v) is 5.74. The van der Waals surface area contributed by atoms with E-state index in [1.54, 1.807) is 12.4 Å². The lowest BCUT2D eigenvalue weighted by Gasteiger charge is -2.22. The molecular weight excluding hydrogens is 426 g/mol. The van der Waals surface area contributed by atoms with E-state index in [1.165, 1.54) is 0 Å². The lowest BCUT2D eigenvalue weighted by molar-refractivity contribution is 0.466. The molecule has 1 fully saturated rings. The lowest BCUT2D eigenvalue weighted by atomic mass is 10.2. The maximum atomic E-state index is 14.4. The summed E-state index contributed by atoms with van der Waals surface area (Å²) in [4.78, 5) is 17.6. The van der Waals surface area contributed by atoms with Crippen molar-refractivity contribution >= 4 is 40.2 Å². The zero-order valence-corrected chi connectivity index (χ0v) is 17.3. The summed E-state index contributed by atoms with van der Waals surface area (Å²) in [6.07, 6.45) is 2.33. The van der Waals surface area contributed by atoms with Crippen molar-refractivity contribution in [2.45, 2.75) is 32.0 Å².